The minimum Gasteiger partial charge on any atom is -0.326 e. The molecular weight excluding hydrogens is 308 g/mol. The van der Waals surface area contributed by atoms with E-state index in [1.807, 2.05) is 0 Å². The Morgan fingerprint density at radius 2 is 2.00 bits per heavy atom. The van der Waals surface area contributed by atoms with Crippen LogP contribution < -0.4 is 10.5 Å². The van der Waals surface area contributed by atoms with Crippen molar-refractivity contribution in [3.8, 4) is 0 Å². The van der Waals surface area contributed by atoms with Gasteiger partial charge in [-0.15, -0.1) is 0 Å². The molecule has 1 aliphatic rings. The molecule has 0 radical (unpaired) electrons. The van der Waals surface area contributed by atoms with Crippen LogP contribution in [0, 0.1) is 5.92 Å². The van der Waals surface area contributed by atoms with Crippen molar-refractivity contribution in [1.29, 1.82) is 0 Å². The molecule has 0 bridgehead atoms. The number of halogens is 1. The van der Waals surface area contributed by atoms with E-state index in [1.54, 1.807) is 12.1 Å². The first-order valence-electron chi connectivity index (χ1n) is 7.45. The summed E-state index contributed by atoms with van der Waals surface area (Å²) in [4.78, 5) is 0.137. The topological polar surface area (TPSA) is 72.2 Å². The Hall–Kier alpha value is -0.620. The molecule has 4 nitrogen and oxygen atoms in total. The van der Waals surface area contributed by atoms with Crippen LogP contribution in [0.3, 0.4) is 0 Å². The molecule has 2 unspecified atom stereocenters. The third-order valence-corrected chi connectivity index (χ3v) is 6.16. The number of rotatable bonds is 4. The monoisotopic (exact) mass is 330 g/mol. The summed E-state index contributed by atoms with van der Waals surface area (Å²) < 4.78 is 27.9. The highest BCUT2D eigenvalue weighted by Crippen LogP contribution is 2.27. The maximum atomic E-state index is 12.6. The van der Waals surface area contributed by atoms with Crippen LogP contribution in [-0.2, 0) is 16.6 Å². The van der Waals surface area contributed by atoms with E-state index in [0.717, 1.165) is 24.8 Å². The molecule has 1 aromatic carbocycles. The lowest BCUT2D eigenvalue weighted by Crippen LogP contribution is -2.38. The number of hydrogen-bond acceptors (Lipinski definition) is 3. The lowest BCUT2D eigenvalue weighted by Gasteiger charge is -2.23. The van der Waals surface area contributed by atoms with Gasteiger partial charge >= 0.3 is 0 Å². The zero-order valence-electron chi connectivity index (χ0n) is 12.3. The van der Waals surface area contributed by atoms with Crippen molar-refractivity contribution < 1.29 is 8.42 Å². The van der Waals surface area contributed by atoms with Crippen molar-refractivity contribution in [1.82, 2.24) is 4.72 Å². The number of hydrogen-bond donors (Lipinski definition) is 2. The van der Waals surface area contributed by atoms with Gasteiger partial charge in [0.2, 0.25) is 10.0 Å². The van der Waals surface area contributed by atoms with Crippen LogP contribution >= 0.6 is 11.6 Å². The summed E-state index contributed by atoms with van der Waals surface area (Å²) in [7, 11) is -3.59. The molecule has 1 aliphatic carbocycles. The fourth-order valence-corrected chi connectivity index (χ4v) is 4.77. The van der Waals surface area contributed by atoms with Gasteiger partial charge in [-0.1, -0.05) is 43.9 Å². The second-order valence-corrected chi connectivity index (χ2v) is 7.90. The minimum absolute atomic E-state index is 0.0113. The molecule has 0 heterocycles. The molecule has 0 spiro atoms. The van der Waals surface area contributed by atoms with E-state index in [4.69, 9.17) is 17.3 Å². The Labute approximate surface area is 132 Å². The van der Waals surface area contributed by atoms with Gasteiger partial charge in [0, 0.05) is 12.6 Å². The van der Waals surface area contributed by atoms with Gasteiger partial charge in [0.1, 0.15) is 4.90 Å². The second kappa shape index (κ2) is 7.09. The summed E-state index contributed by atoms with van der Waals surface area (Å²) in [6.45, 7) is 2.45. The average molecular weight is 331 g/mol. The summed E-state index contributed by atoms with van der Waals surface area (Å²) in [6, 6.07) is 4.85. The van der Waals surface area contributed by atoms with Crippen LogP contribution in [0.4, 0.5) is 0 Å². The molecule has 21 heavy (non-hydrogen) atoms. The molecule has 2 rings (SSSR count). The highest BCUT2D eigenvalue weighted by Gasteiger charge is 2.27. The molecule has 3 N–H and O–H groups in total. The zero-order chi connectivity index (χ0) is 15.5. The summed E-state index contributed by atoms with van der Waals surface area (Å²) in [6.07, 6.45) is 5.36. The van der Waals surface area contributed by atoms with Gasteiger partial charge < -0.3 is 5.73 Å². The van der Waals surface area contributed by atoms with Crippen LogP contribution in [-0.4, -0.2) is 14.5 Å². The van der Waals surface area contributed by atoms with Crippen molar-refractivity contribution in [2.24, 2.45) is 11.7 Å². The van der Waals surface area contributed by atoms with Crippen LogP contribution in [0.15, 0.2) is 23.1 Å². The summed E-state index contributed by atoms with van der Waals surface area (Å²) in [5.74, 6) is 0.351. The summed E-state index contributed by atoms with van der Waals surface area (Å²) in [5, 5.41) is 0.228. The zero-order valence-corrected chi connectivity index (χ0v) is 13.9. The first kappa shape index (κ1) is 16.7. The normalized spacial score (nSPS) is 23.8. The molecule has 2 atom stereocenters. The van der Waals surface area contributed by atoms with Gasteiger partial charge in [0.05, 0.1) is 5.02 Å². The minimum atomic E-state index is -3.59. The van der Waals surface area contributed by atoms with Gasteiger partial charge in [-0.3, -0.25) is 0 Å². The van der Waals surface area contributed by atoms with Crippen molar-refractivity contribution in [3.05, 3.63) is 28.8 Å². The van der Waals surface area contributed by atoms with E-state index in [9.17, 15) is 8.42 Å². The SMILES string of the molecule is CC1CCCCCC1NS(=O)(=O)c1ccc(CN)cc1Cl. The van der Waals surface area contributed by atoms with E-state index in [0.29, 0.717) is 12.5 Å². The number of nitrogens with one attached hydrogen (secondary N) is 1. The Kier molecular flexibility index (Phi) is 5.66. The largest absolute Gasteiger partial charge is 0.326 e. The van der Waals surface area contributed by atoms with Crippen molar-refractivity contribution in [2.75, 3.05) is 0 Å². The van der Waals surface area contributed by atoms with Crippen molar-refractivity contribution in [3.63, 3.8) is 0 Å². The predicted octanol–water partition coefficient (Wildman–Crippen LogP) is 3.05. The van der Waals surface area contributed by atoms with E-state index in [-0.39, 0.29) is 16.0 Å². The van der Waals surface area contributed by atoms with Crippen LogP contribution in [0.1, 0.15) is 44.6 Å². The molecule has 1 aromatic rings. The highest BCUT2D eigenvalue weighted by atomic mass is 35.5. The lowest BCUT2D eigenvalue weighted by molar-refractivity contribution is 0.399. The van der Waals surface area contributed by atoms with E-state index < -0.39 is 10.0 Å². The van der Waals surface area contributed by atoms with E-state index >= 15 is 0 Å². The van der Waals surface area contributed by atoms with E-state index in [2.05, 4.69) is 11.6 Å². The van der Waals surface area contributed by atoms with Gasteiger partial charge in [-0.2, -0.15) is 0 Å². The fourth-order valence-electron chi connectivity index (χ4n) is 2.82. The summed E-state index contributed by atoms with van der Waals surface area (Å²) in [5.41, 5.74) is 6.36. The quantitative estimate of drug-likeness (QED) is 0.833. The predicted molar refractivity (Wildman–Crippen MR) is 85.7 cm³/mol. The molecule has 0 aliphatic heterocycles. The van der Waals surface area contributed by atoms with Crippen molar-refractivity contribution >= 4 is 21.6 Å². The van der Waals surface area contributed by atoms with Crippen LogP contribution in [0.2, 0.25) is 5.02 Å². The third kappa shape index (κ3) is 4.19. The van der Waals surface area contributed by atoms with Gasteiger partial charge in [-0.25, -0.2) is 13.1 Å². The number of nitrogens with two attached hydrogens (primary N) is 1. The fraction of sp³-hybridized carbons (Fsp3) is 0.600. The maximum Gasteiger partial charge on any atom is 0.242 e. The van der Waals surface area contributed by atoms with Crippen molar-refractivity contribution in [2.45, 2.75) is 56.5 Å². The molecule has 0 aromatic heterocycles. The van der Waals surface area contributed by atoms with E-state index in [1.165, 1.54) is 18.9 Å². The molecule has 6 heteroatoms. The molecule has 1 fully saturated rings. The smallest absolute Gasteiger partial charge is 0.242 e. The standard InChI is InChI=1S/C15H23ClN2O2S/c1-11-5-3-2-4-6-14(11)18-21(19,20)15-8-7-12(10-17)9-13(15)16/h7-9,11,14,18H,2-6,10,17H2,1H3. The Morgan fingerprint density at radius 3 is 2.67 bits per heavy atom. The molecule has 0 amide bonds. The van der Waals surface area contributed by atoms with Gasteiger partial charge in [0.25, 0.3) is 0 Å². The summed E-state index contributed by atoms with van der Waals surface area (Å²) >= 11 is 6.10. The Bertz CT molecular complexity index is 589. The third-order valence-electron chi connectivity index (χ3n) is 4.19. The second-order valence-electron chi connectivity index (χ2n) is 5.81. The number of sulfonamides is 1. The first-order chi connectivity index (χ1) is 9.94. The van der Waals surface area contributed by atoms with Gasteiger partial charge in [-0.05, 0) is 36.5 Å². The Balaban J connectivity index is 2.21. The number of benzene rings is 1. The lowest BCUT2D eigenvalue weighted by atomic mass is 9.98. The maximum absolute atomic E-state index is 12.6. The van der Waals surface area contributed by atoms with Gasteiger partial charge in [0.15, 0.2) is 0 Å². The Morgan fingerprint density at radius 1 is 1.29 bits per heavy atom. The first-order valence-corrected chi connectivity index (χ1v) is 9.31. The average Bonchev–Trinajstić information content (AvgIpc) is 2.63. The van der Waals surface area contributed by atoms with Crippen LogP contribution in [0.5, 0.6) is 0 Å². The molecule has 0 saturated heterocycles. The van der Waals surface area contributed by atoms with Crippen LogP contribution in [0.25, 0.3) is 0 Å². The molecule has 118 valence electrons. The highest BCUT2D eigenvalue weighted by molar-refractivity contribution is 7.89. The molecule has 1 saturated carbocycles. The molecular formula is C15H23ClN2O2S.